The van der Waals surface area contributed by atoms with Crippen LogP contribution in [-0.4, -0.2) is 45.5 Å². The molecule has 21 heavy (non-hydrogen) atoms. The lowest BCUT2D eigenvalue weighted by Gasteiger charge is -2.19. The lowest BCUT2D eigenvalue weighted by atomic mass is 10.2. The van der Waals surface area contributed by atoms with Crippen LogP contribution in [0.5, 0.6) is 5.75 Å². The van der Waals surface area contributed by atoms with Crippen LogP contribution in [0.1, 0.15) is 19.4 Å². The summed E-state index contributed by atoms with van der Waals surface area (Å²) >= 11 is 0. The maximum atomic E-state index is 12.4. The van der Waals surface area contributed by atoms with Crippen molar-refractivity contribution in [3.63, 3.8) is 0 Å². The lowest BCUT2D eigenvalue weighted by Crippen LogP contribution is -2.30. The van der Waals surface area contributed by atoms with E-state index in [0.29, 0.717) is 24.4 Å². The van der Waals surface area contributed by atoms with Gasteiger partial charge in [0, 0.05) is 13.1 Å². The fourth-order valence-electron chi connectivity index (χ4n) is 1.85. The highest BCUT2D eigenvalue weighted by molar-refractivity contribution is 7.89. The standard InChI is InChI=1S/C14H21NO5S/c1-5-15(6-2)21(17,18)12-7-8-13(11(3)9-12)20-10-14(16)19-4/h7-9H,5-6,10H2,1-4H3. The van der Waals surface area contributed by atoms with Crippen LogP contribution in [0.2, 0.25) is 0 Å². The zero-order chi connectivity index (χ0) is 16.0. The number of esters is 1. The predicted octanol–water partition coefficient (Wildman–Crippen LogP) is 1.58. The first kappa shape index (κ1) is 17.5. The normalized spacial score (nSPS) is 11.5. The Balaban J connectivity index is 2.99. The number of aryl methyl sites for hydroxylation is 1. The van der Waals surface area contributed by atoms with Gasteiger partial charge in [0.1, 0.15) is 5.75 Å². The van der Waals surface area contributed by atoms with E-state index in [1.165, 1.54) is 17.5 Å². The molecule has 1 aromatic carbocycles. The molecule has 0 amide bonds. The summed E-state index contributed by atoms with van der Waals surface area (Å²) in [5.74, 6) is -0.0341. The summed E-state index contributed by atoms with van der Waals surface area (Å²) in [7, 11) is -2.21. The number of benzene rings is 1. The maximum Gasteiger partial charge on any atom is 0.343 e. The Kier molecular flexibility index (Phi) is 6.17. The van der Waals surface area contributed by atoms with Crippen LogP contribution >= 0.6 is 0 Å². The van der Waals surface area contributed by atoms with E-state index in [-0.39, 0.29) is 11.5 Å². The molecule has 7 heteroatoms. The van der Waals surface area contributed by atoms with Gasteiger partial charge in [-0.25, -0.2) is 13.2 Å². The Morgan fingerprint density at radius 3 is 2.33 bits per heavy atom. The molecule has 0 saturated carbocycles. The zero-order valence-corrected chi connectivity index (χ0v) is 13.6. The van der Waals surface area contributed by atoms with Crippen molar-refractivity contribution in [3.05, 3.63) is 23.8 Å². The molecule has 0 fully saturated rings. The Labute approximate surface area is 125 Å². The van der Waals surface area contributed by atoms with Gasteiger partial charge in [-0.3, -0.25) is 0 Å². The van der Waals surface area contributed by atoms with Crippen LogP contribution in [0.25, 0.3) is 0 Å². The molecular weight excluding hydrogens is 294 g/mol. The van der Waals surface area contributed by atoms with Crippen molar-refractivity contribution in [2.24, 2.45) is 0 Å². The molecule has 118 valence electrons. The fraction of sp³-hybridized carbons (Fsp3) is 0.500. The number of methoxy groups -OCH3 is 1. The average Bonchev–Trinajstić information content (AvgIpc) is 2.46. The molecule has 0 aliphatic carbocycles. The minimum atomic E-state index is -3.49. The molecule has 0 atom stereocenters. The van der Waals surface area contributed by atoms with E-state index in [2.05, 4.69) is 4.74 Å². The minimum Gasteiger partial charge on any atom is -0.482 e. The van der Waals surface area contributed by atoms with E-state index >= 15 is 0 Å². The summed E-state index contributed by atoms with van der Waals surface area (Å²) in [5.41, 5.74) is 0.645. The molecule has 0 radical (unpaired) electrons. The molecule has 6 nitrogen and oxygen atoms in total. The molecule has 1 aromatic rings. The van der Waals surface area contributed by atoms with Crippen molar-refractivity contribution < 1.29 is 22.7 Å². The van der Waals surface area contributed by atoms with Crippen LogP contribution < -0.4 is 4.74 Å². The maximum absolute atomic E-state index is 12.4. The third-order valence-electron chi connectivity index (χ3n) is 3.06. The quantitative estimate of drug-likeness (QED) is 0.714. The second-order valence-electron chi connectivity index (χ2n) is 4.38. The smallest absolute Gasteiger partial charge is 0.343 e. The van der Waals surface area contributed by atoms with Gasteiger partial charge in [0.2, 0.25) is 10.0 Å². The van der Waals surface area contributed by atoms with Gasteiger partial charge in [-0.05, 0) is 30.7 Å². The van der Waals surface area contributed by atoms with Gasteiger partial charge in [0.05, 0.1) is 12.0 Å². The highest BCUT2D eigenvalue weighted by atomic mass is 32.2. The SMILES string of the molecule is CCN(CC)S(=O)(=O)c1ccc(OCC(=O)OC)c(C)c1. The number of hydrogen-bond acceptors (Lipinski definition) is 5. The van der Waals surface area contributed by atoms with E-state index in [0.717, 1.165) is 0 Å². The molecule has 0 unspecified atom stereocenters. The van der Waals surface area contributed by atoms with E-state index in [4.69, 9.17) is 4.74 Å². The number of nitrogens with zero attached hydrogens (tertiary/aromatic N) is 1. The van der Waals surface area contributed by atoms with Crippen LogP contribution in [0.15, 0.2) is 23.1 Å². The highest BCUT2D eigenvalue weighted by Gasteiger charge is 2.22. The first-order valence-electron chi connectivity index (χ1n) is 6.67. The number of carbonyl (C=O) groups is 1. The van der Waals surface area contributed by atoms with Crippen LogP contribution in [0.4, 0.5) is 0 Å². The molecule has 0 N–H and O–H groups in total. The minimum absolute atomic E-state index is 0.209. The summed E-state index contributed by atoms with van der Waals surface area (Å²) < 4.78 is 35.9. The summed E-state index contributed by atoms with van der Waals surface area (Å²) in [6, 6.07) is 4.57. The summed E-state index contributed by atoms with van der Waals surface area (Å²) in [5, 5.41) is 0. The summed E-state index contributed by atoms with van der Waals surface area (Å²) in [6.45, 7) is 5.94. The Hall–Kier alpha value is -1.60. The number of ether oxygens (including phenoxy) is 2. The monoisotopic (exact) mass is 315 g/mol. The van der Waals surface area contributed by atoms with Crippen LogP contribution in [0.3, 0.4) is 0 Å². The number of sulfonamides is 1. The van der Waals surface area contributed by atoms with Crippen LogP contribution in [-0.2, 0) is 19.6 Å². The van der Waals surface area contributed by atoms with E-state index in [9.17, 15) is 13.2 Å². The molecule has 0 aliphatic rings. The third-order valence-corrected chi connectivity index (χ3v) is 5.11. The summed E-state index contributed by atoms with van der Waals surface area (Å²) in [6.07, 6.45) is 0. The van der Waals surface area contributed by atoms with Crippen molar-refractivity contribution in [2.45, 2.75) is 25.7 Å². The van der Waals surface area contributed by atoms with Gasteiger partial charge in [0.15, 0.2) is 6.61 Å². The second-order valence-corrected chi connectivity index (χ2v) is 6.32. The number of hydrogen-bond donors (Lipinski definition) is 0. The molecule has 0 aromatic heterocycles. The van der Waals surface area contributed by atoms with Crippen molar-refractivity contribution >= 4 is 16.0 Å². The molecule has 0 heterocycles. The van der Waals surface area contributed by atoms with Gasteiger partial charge in [-0.1, -0.05) is 13.8 Å². The lowest BCUT2D eigenvalue weighted by molar-refractivity contribution is -0.142. The largest absolute Gasteiger partial charge is 0.482 e. The van der Waals surface area contributed by atoms with Gasteiger partial charge < -0.3 is 9.47 Å². The third kappa shape index (κ3) is 4.18. The highest BCUT2D eigenvalue weighted by Crippen LogP contribution is 2.24. The Bertz CT molecular complexity index is 593. The second kappa shape index (κ2) is 7.42. The fourth-order valence-corrected chi connectivity index (χ4v) is 3.40. The zero-order valence-electron chi connectivity index (χ0n) is 12.8. The van der Waals surface area contributed by atoms with Crippen LogP contribution in [0, 0.1) is 6.92 Å². The molecule has 0 saturated heterocycles. The van der Waals surface area contributed by atoms with Crippen molar-refractivity contribution in [1.82, 2.24) is 4.31 Å². The van der Waals surface area contributed by atoms with E-state index < -0.39 is 16.0 Å². The van der Waals surface area contributed by atoms with Gasteiger partial charge >= 0.3 is 5.97 Å². The predicted molar refractivity (Wildman–Crippen MR) is 78.8 cm³/mol. The van der Waals surface area contributed by atoms with Crippen molar-refractivity contribution in [1.29, 1.82) is 0 Å². The first-order chi connectivity index (χ1) is 9.86. The van der Waals surface area contributed by atoms with Gasteiger partial charge in [-0.2, -0.15) is 4.31 Å². The molecule has 1 rings (SSSR count). The molecular formula is C14H21NO5S. The van der Waals surface area contributed by atoms with E-state index in [1.54, 1.807) is 32.9 Å². The molecule has 0 aliphatic heterocycles. The molecule has 0 spiro atoms. The van der Waals surface area contributed by atoms with Crippen molar-refractivity contribution in [2.75, 3.05) is 26.8 Å². The van der Waals surface area contributed by atoms with Gasteiger partial charge in [0.25, 0.3) is 0 Å². The van der Waals surface area contributed by atoms with Gasteiger partial charge in [-0.15, -0.1) is 0 Å². The summed E-state index contributed by atoms with van der Waals surface area (Å²) in [4.78, 5) is 11.3. The average molecular weight is 315 g/mol. The van der Waals surface area contributed by atoms with Crippen molar-refractivity contribution in [3.8, 4) is 5.75 Å². The molecule has 0 bridgehead atoms. The topological polar surface area (TPSA) is 72.9 Å². The van der Waals surface area contributed by atoms with E-state index in [1.807, 2.05) is 0 Å². The first-order valence-corrected chi connectivity index (χ1v) is 8.11. The number of carbonyl (C=O) groups excluding carboxylic acids is 1. The Morgan fingerprint density at radius 2 is 1.86 bits per heavy atom. The Morgan fingerprint density at radius 1 is 1.24 bits per heavy atom. The number of rotatable bonds is 7.